The van der Waals surface area contributed by atoms with Gasteiger partial charge in [-0.1, -0.05) is 126 Å². The van der Waals surface area contributed by atoms with Crippen LogP contribution in [0.2, 0.25) is 0 Å². The van der Waals surface area contributed by atoms with Crippen molar-refractivity contribution in [2.75, 3.05) is 0 Å². The van der Waals surface area contributed by atoms with Gasteiger partial charge >= 0.3 is 7.25 Å². The Morgan fingerprint density at radius 2 is 1.14 bits per heavy atom. The van der Waals surface area contributed by atoms with Crippen molar-refractivity contribution in [3.63, 3.8) is 0 Å². The number of rotatable bonds is 10. The molecule has 0 atom stereocenters. The number of aryl methyl sites for hydroxylation is 2. The van der Waals surface area contributed by atoms with E-state index < -0.39 is 7.25 Å². The minimum atomic E-state index is -6.00. The summed E-state index contributed by atoms with van der Waals surface area (Å²) >= 11 is 0. The average molecular weight is 570 g/mol. The summed E-state index contributed by atoms with van der Waals surface area (Å²) < 4.78 is 39.0. The summed E-state index contributed by atoms with van der Waals surface area (Å²) in [5.74, 6) is 0. The van der Waals surface area contributed by atoms with Gasteiger partial charge in [-0.3, -0.25) is 0 Å². The lowest BCUT2D eigenvalue weighted by Gasteiger charge is -2.11. The maximum Gasteiger partial charge on any atom is 0.673 e. The Labute approximate surface area is 246 Å². The number of halogens is 4. The van der Waals surface area contributed by atoms with Crippen LogP contribution in [0.5, 0.6) is 0 Å². The number of hydrogen-bond donors (Lipinski definition) is 2. The van der Waals surface area contributed by atoms with Crippen LogP contribution in [0, 0.1) is 13.8 Å². The highest BCUT2D eigenvalue weighted by Gasteiger charge is 2.20. The van der Waals surface area contributed by atoms with Gasteiger partial charge in [0.15, 0.2) is 6.54 Å². The molecule has 0 spiro atoms. The van der Waals surface area contributed by atoms with E-state index >= 15 is 0 Å². The smallest absolute Gasteiger partial charge is 0.418 e. The first-order chi connectivity index (χ1) is 20.2. The molecule has 0 aromatic heterocycles. The monoisotopic (exact) mass is 570 g/mol. The first-order valence-electron chi connectivity index (χ1n) is 13.7. The second-order valence-electron chi connectivity index (χ2n) is 9.64. The molecule has 0 fully saturated rings. The number of hydrogen-bond acceptors (Lipinski definition) is 1. The molecule has 0 saturated carbocycles. The molecule has 4 rings (SSSR count). The summed E-state index contributed by atoms with van der Waals surface area (Å²) in [5, 5.41) is 3.61. The molecule has 0 heterocycles. The van der Waals surface area contributed by atoms with Crippen molar-refractivity contribution in [2.45, 2.75) is 26.9 Å². The van der Waals surface area contributed by atoms with E-state index in [-0.39, 0.29) is 0 Å². The average Bonchev–Trinajstić information content (AvgIpc) is 2.97. The van der Waals surface area contributed by atoms with Gasteiger partial charge < -0.3 is 22.6 Å². The fourth-order valence-corrected chi connectivity index (χ4v) is 3.93. The van der Waals surface area contributed by atoms with Gasteiger partial charge in [0.05, 0.1) is 0 Å². The molecule has 4 aromatic carbocycles. The maximum absolute atomic E-state index is 9.75. The molecule has 42 heavy (non-hydrogen) atoms. The molecule has 0 aliphatic rings. The Hall–Kier alpha value is -4.65. The van der Waals surface area contributed by atoms with Crippen LogP contribution in [0.4, 0.5) is 17.3 Å². The van der Waals surface area contributed by atoms with Crippen molar-refractivity contribution >= 4 is 18.7 Å². The molecule has 4 aromatic rings. The van der Waals surface area contributed by atoms with Gasteiger partial charge in [0, 0.05) is 29.4 Å². The summed E-state index contributed by atoms with van der Waals surface area (Å²) in [6.07, 6.45) is 10.5. The summed E-state index contributed by atoms with van der Waals surface area (Å²) in [4.78, 5) is 3.61. The lowest BCUT2D eigenvalue weighted by atomic mass is 10.1. The third-order valence-corrected chi connectivity index (χ3v) is 6.12. The molecule has 0 amide bonds. The second kappa shape index (κ2) is 16.6. The zero-order valence-corrected chi connectivity index (χ0v) is 23.8. The molecule has 0 bridgehead atoms. The van der Waals surface area contributed by atoms with Gasteiger partial charge in [0.1, 0.15) is 0 Å². The quantitative estimate of drug-likeness (QED) is 0.0873. The third-order valence-electron chi connectivity index (χ3n) is 6.12. The van der Waals surface area contributed by atoms with E-state index in [1.807, 2.05) is 12.1 Å². The van der Waals surface area contributed by atoms with E-state index in [1.54, 1.807) is 0 Å². The van der Waals surface area contributed by atoms with Crippen LogP contribution in [0.25, 0.3) is 5.70 Å². The Morgan fingerprint density at radius 1 is 0.643 bits per heavy atom. The molecule has 0 unspecified atom stereocenters. The predicted molar refractivity (Wildman–Crippen MR) is 167 cm³/mol. The summed E-state index contributed by atoms with van der Waals surface area (Å²) in [6, 6.07) is 38.2. The fourth-order valence-electron chi connectivity index (χ4n) is 3.93. The minimum absolute atomic E-state index is 0.777. The topological polar surface area (TPSA) is 26.0 Å². The van der Waals surface area contributed by atoms with Gasteiger partial charge in [0.2, 0.25) is 5.71 Å². The summed E-state index contributed by atoms with van der Waals surface area (Å²) in [5.41, 5.74) is 9.56. The highest BCUT2D eigenvalue weighted by Crippen LogP contribution is 2.14. The van der Waals surface area contributed by atoms with Crippen LogP contribution in [0.1, 0.15) is 33.4 Å². The Balaban J connectivity index is 0.000000892. The highest BCUT2D eigenvalue weighted by molar-refractivity contribution is 6.50. The lowest BCUT2D eigenvalue weighted by molar-refractivity contribution is -0.473. The van der Waals surface area contributed by atoms with Crippen molar-refractivity contribution < 1.29 is 22.3 Å². The Bertz CT molecular complexity index is 1470. The highest BCUT2D eigenvalue weighted by atomic mass is 19.5. The van der Waals surface area contributed by atoms with E-state index in [0.717, 1.165) is 24.5 Å². The van der Waals surface area contributed by atoms with Crippen LogP contribution in [-0.4, -0.2) is 13.0 Å². The van der Waals surface area contributed by atoms with Crippen LogP contribution in [0.3, 0.4) is 0 Å². The Kier molecular flexibility index (Phi) is 12.6. The minimum Gasteiger partial charge on any atom is -0.418 e. The molecule has 0 aliphatic heterocycles. The zero-order chi connectivity index (χ0) is 30.2. The van der Waals surface area contributed by atoms with Gasteiger partial charge in [-0.05, 0) is 43.2 Å². The maximum atomic E-state index is 9.75. The third kappa shape index (κ3) is 12.7. The molecule has 0 radical (unpaired) electrons. The molecule has 216 valence electrons. The van der Waals surface area contributed by atoms with Crippen molar-refractivity contribution in [1.82, 2.24) is 5.32 Å². The van der Waals surface area contributed by atoms with E-state index in [1.165, 1.54) is 33.4 Å². The van der Waals surface area contributed by atoms with Crippen molar-refractivity contribution in [1.29, 1.82) is 0 Å². The van der Waals surface area contributed by atoms with Crippen molar-refractivity contribution in [3.05, 3.63) is 173 Å². The van der Waals surface area contributed by atoms with E-state index in [9.17, 15) is 17.3 Å². The second-order valence-corrected chi connectivity index (χ2v) is 9.64. The predicted octanol–water partition coefficient (Wildman–Crippen LogP) is 7.62. The lowest BCUT2D eigenvalue weighted by Crippen LogP contribution is -2.71. The van der Waals surface area contributed by atoms with Gasteiger partial charge in [0.25, 0.3) is 0 Å². The number of nitrogens with one attached hydrogen (secondary N) is 2. The SMILES string of the molecule is Cc1ccc(C(/C=C/C=C/C=C(/NCc2ccccc2)c2ccc(C)cc2)=[NH+]Cc2ccccc2)cc1.F[B-](F)(F)F. The van der Waals surface area contributed by atoms with E-state index in [2.05, 4.69) is 152 Å². The van der Waals surface area contributed by atoms with E-state index in [0.29, 0.717) is 0 Å². The van der Waals surface area contributed by atoms with Crippen LogP contribution >= 0.6 is 0 Å². The molecule has 0 saturated heterocycles. The molecule has 2 N–H and O–H groups in total. The number of benzene rings is 4. The summed E-state index contributed by atoms with van der Waals surface area (Å²) in [7, 11) is -6.00. The van der Waals surface area contributed by atoms with Crippen LogP contribution in [0.15, 0.2) is 140 Å². The fraction of sp³-hybridized carbons (Fsp3) is 0.114. The first kappa shape index (κ1) is 31.9. The summed E-state index contributed by atoms with van der Waals surface area (Å²) in [6.45, 7) is 5.78. The molecular weight excluding hydrogens is 535 g/mol. The zero-order valence-electron chi connectivity index (χ0n) is 23.8. The molecular formula is C35H35BF4N2. The van der Waals surface area contributed by atoms with Crippen LogP contribution in [-0.2, 0) is 13.1 Å². The van der Waals surface area contributed by atoms with E-state index in [4.69, 9.17) is 0 Å². The van der Waals surface area contributed by atoms with Crippen molar-refractivity contribution in [3.8, 4) is 0 Å². The Morgan fingerprint density at radius 3 is 1.69 bits per heavy atom. The largest absolute Gasteiger partial charge is 0.673 e. The normalized spacial score (nSPS) is 12.3. The molecule has 2 nitrogen and oxygen atoms in total. The van der Waals surface area contributed by atoms with Gasteiger partial charge in [-0.2, -0.15) is 0 Å². The standard InChI is InChI=1S/C35H34N2.BF4/c1-28-18-22-32(23-19-28)34(36-26-30-12-6-3-7-13-30)16-10-5-11-17-35(33-24-20-29(2)21-25-33)37-27-31-14-8-4-9-15-31;2-1(3,4)5/h3-25,36H,26-27H2,1-2H3;/q;-1/p+1/b10-5+,17-11+,34-16+,37-35?;. The molecule has 0 aliphatic carbocycles. The number of allylic oxidation sites excluding steroid dienone is 5. The van der Waals surface area contributed by atoms with Crippen LogP contribution < -0.4 is 10.3 Å². The first-order valence-corrected chi connectivity index (χ1v) is 13.7. The molecule has 7 heteroatoms. The van der Waals surface area contributed by atoms with Crippen molar-refractivity contribution in [2.24, 2.45) is 0 Å². The van der Waals surface area contributed by atoms with Gasteiger partial charge in [-0.25, -0.2) is 4.99 Å². The van der Waals surface area contributed by atoms with Gasteiger partial charge in [-0.15, -0.1) is 0 Å².